The Hall–Kier alpha value is -0.600. The fourth-order valence-electron chi connectivity index (χ4n) is 3.83. The monoisotopic (exact) mass is 250 g/mol. The number of hydrogen-bond acceptors (Lipinski definition) is 2. The quantitative estimate of drug-likeness (QED) is 0.791. The molecule has 2 heteroatoms. The number of rotatable bonds is 2. The summed E-state index contributed by atoms with van der Waals surface area (Å²) in [5.74, 6) is 1.89. The van der Waals surface area contributed by atoms with E-state index in [2.05, 4.69) is 26.5 Å². The van der Waals surface area contributed by atoms with Gasteiger partial charge in [0.2, 0.25) is 0 Å². The molecule has 4 atom stereocenters. The predicted octanol–water partition coefficient (Wildman–Crippen LogP) is 2.91. The first-order valence-electron chi connectivity index (χ1n) is 7.09. The van der Waals surface area contributed by atoms with Crippen LogP contribution in [0.5, 0.6) is 0 Å². The Balaban J connectivity index is 2.36. The maximum atomic E-state index is 10.6. The third kappa shape index (κ3) is 2.28. The molecular formula is C16H26O2. The van der Waals surface area contributed by atoms with Crippen LogP contribution in [-0.4, -0.2) is 22.4 Å². The van der Waals surface area contributed by atoms with Gasteiger partial charge in [0.1, 0.15) is 0 Å². The SMILES string of the molecule is C=C1CC2C(C=C1CO)C(C(C)C)CCC2(C)O. The minimum Gasteiger partial charge on any atom is -0.392 e. The van der Waals surface area contributed by atoms with Crippen molar-refractivity contribution >= 4 is 0 Å². The van der Waals surface area contributed by atoms with Crippen molar-refractivity contribution in [3.63, 3.8) is 0 Å². The van der Waals surface area contributed by atoms with E-state index in [-0.39, 0.29) is 12.5 Å². The van der Waals surface area contributed by atoms with Crippen LogP contribution < -0.4 is 0 Å². The summed E-state index contributed by atoms with van der Waals surface area (Å²) in [5, 5.41) is 20.0. The summed E-state index contributed by atoms with van der Waals surface area (Å²) in [6.07, 6.45) is 4.97. The highest BCUT2D eigenvalue weighted by molar-refractivity contribution is 5.34. The maximum Gasteiger partial charge on any atom is 0.0681 e. The molecule has 1 fully saturated rings. The van der Waals surface area contributed by atoms with E-state index in [1.807, 2.05) is 6.92 Å². The van der Waals surface area contributed by atoms with Crippen LogP contribution in [0, 0.1) is 23.7 Å². The second-order valence-corrected chi connectivity index (χ2v) is 6.65. The lowest BCUT2D eigenvalue weighted by atomic mass is 9.58. The van der Waals surface area contributed by atoms with Crippen LogP contribution in [0.2, 0.25) is 0 Å². The molecule has 102 valence electrons. The Morgan fingerprint density at radius 3 is 2.72 bits per heavy atom. The lowest BCUT2D eigenvalue weighted by Crippen LogP contribution is -2.48. The molecule has 0 amide bonds. The second kappa shape index (κ2) is 4.82. The minimum atomic E-state index is -0.587. The Morgan fingerprint density at radius 2 is 2.17 bits per heavy atom. The first-order chi connectivity index (χ1) is 8.36. The van der Waals surface area contributed by atoms with Crippen LogP contribution in [0.1, 0.15) is 40.0 Å². The van der Waals surface area contributed by atoms with Crippen LogP contribution in [0.15, 0.2) is 23.8 Å². The van der Waals surface area contributed by atoms with Gasteiger partial charge in [0.05, 0.1) is 12.2 Å². The van der Waals surface area contributed by atoms with Gasteiger partial charge in [0.15, 0.2) is 0 Å². The zero-order valence-electron chi connectivity index (χ0n) is 11.8. The molecule has 2 aliphatic carbocycles. The molecule has 4 unspecified atom stereocenters. The zero-order chi connectivity index (χ0) is 13.5. The Bertz CT molecular complexity index is 365. The maximum absolute atomic E-state index is 10.6. The first-order valence-corrected chi connectivity index (χ1v) is 7.09. The molecule has 0 spiro atoms. The fraction of sp³-hybridized carbons (Fsp3) is 0.750. The normalized spacial score (nSPS) is 40.7. The molecule has 1 saturated carbocycles. The molecule has 0 aromatic carbocycles. The van der Waals surface area contributed by atoms with E-state index in [9.17, 15) is 10.2 Å². The Kier molecular flexibility index (Phi) is 3.70. The average Bonchev–Trinajstić information content (AvgIpc) is 2.29. The lowest BCUT2D eigenvalue weighted by Gasteiger charge is -2.50. The summed E-state index contributed by atoms with van der Waals surface area (Å²) < 4.78 is 0. The third-order valence-corrected chi connectivity index (χ3v) is 5.08. The fourth-order valence-corrected chi connectivity index (χ4v) is 3.83. The minimum absolute atomic E-state index is 0.0784. The van der Waals surface area contributed by atoms with E-state index in [0.717, 1.165) is 30.4 Å². The van der Waals surface area contributed by atoms with E-state index < -0.39 is 5.60 Å². The van der Waals surface area contributed by atoms with Crippen molar-refractivity contribution in [2.45, 2.75) is 45.6 Å². The van der Waals surface area contributed by atoms with Gasteiger partial charge in [0.25, 0.3) is 0 Å². The van der Waals surface area contributed by atoms with Crippen LogP contribution in [0.4, 0.5) is 0 Å². The van der Waals surface area contributed by atoms with Crippen molar-refractivity contribution < 1.29 is 10.2 Å². The van der Waals surface area contributed by atoms with Crippen molar-refractivity contribution in [1.29, 1.82) is 0 Å². The predicted molar refractivity (Wildman–Crippen MR) is 74.1 cm³/mol. The highest BCUT2D eigenvalue weighted by Crippen LogP contribution is 2.50. The summed E-state index contributed by atoms with van der Waals surface area (Å²) in [4.78, 5) is 0. The molecule has 0 aliphatic heterocycles. The smallest absolute Gasteiger partial charge is 0.0681 e. The van der Waals surface area contributed by atoms with Crippen molar-refractivity contribution in [1.82, 2.24) is 0 Å². The molecule has 0 radical (unpaired) electrons. The van der Waals surface area contributed by atoms with Crippen molar-refractivity contribution in [3.05, 3.63) is 23.8 Å². The van der Waals surface area contributed by atoms with E-state index in [4.69, 9.17) is 0 Å². The largest absolute Gasteiger partial charge is 0.392 e. The molecule has 0 heterocycles. The average molecular weight is 250 g/mol. The van der Waals surface area contributed by atoms with Crippen LogP contribution in [0.25, 0.3) is 0 Å². The first kappa shape index (κ1) is 13.8. The summed E-state index contributed by atoms with van der Waals surface area (Å²) in [6, 6.07) is 0. The van der Waals surface area contributed by atoms with Gasteiger partial charge in [-0.3, -0.25) is 0 Å². The molecule has 0 aromatic heterocycles. The van der Waals surface area contributed by atoms with Gasteiger partial charge in [-0.15, -0.1) is 0 Å². The van der Waals surface area contributed by atoms with Crippen LogP contribution in [-0.2, 0) is 0 Å². The van der Waals surface area contributed by atoms with Gasteiger partial charge in [-0.1, -0.05) is 26.5 Å². The third-order valence-electron chi connectivity index (χ3n) is 5.08. The Labute approximate surface area is 110 Å². The molecular weight excluding hydrogens is 224 g/mol. The summed E-state index contributed by atoms with van der Waals surface area (Å²) in [5.41, 5.74) is 1.40. The number of aliphatic hydroxyl groups excluding tert-OH is 1. The lowest BCUT2D eigenvalue weighted by molar-refractivity contribution is -0.0766. The van der Waals surface area contributed by atoms with E-state index in [0.29, 0.717) is 17.8 Å². The van der Waals surface area contributed by atoms with Crippen LogP contribution in [0.3, 0.4) is 0 Å². The molecule has 2 nitrogen and oxygen atoms in total. The van der Waals surface area contributed by atoms with Crippen LogP contribution >= 0.6 is 0 Å². The summed E-state index contributed by atoms with van der Waals surface area (Å²) in [6.45, 7) is 10.6. The van der Waals surface area contributed by atoms with Gasteiger partial charge in [-0.05, 0) is 61.0 Å². The highest BCUT2D eigenvalue weighted by Gasteiger charge is 2.47. The molecule has 2 rings (SSSR count). The highest BCUT2D eigenvalue weighted by atomic mass is 16.3. The summed E-state index contributed by atoms with van der Waals surface area (Å²) >= 11 is 0. The number of hydrogen-bond donors (Lipinski definition) is 2. The van der Waals surface area contributed by atoms with Gasteiger partial charge >= 0.3 is 0 Å². The van der Waals surface area contributed by atoms with Crippen molar-refractivity contribution in [2.24, 2.45) is 23.7 Å². The van der Waals surface area contributed by atoms with Crippen molar-refractivity contribution in [2.75, 3.05) is 6.61 Å². The number of fused-ring (bicyclic) bond motifs is 1. The molecule has 2 N–H and O–H groups in total. The molecule has 0 saturated heterocycles. The van der Waals surface area contributed by atoms with E-state index in [1.54, 1.807) is 0 Å². The standard InChI is InChI=1S/C16H26O2/c1-10(2)13-5-6-16(4,18)15-7-11(3)12(9-17)8-14(13)15/h8,10,13-15,17-18H,3,5-7,9H2,1-2,4H3. The van der Waals surface area contributed by atoms with Gasteiger partial charge < -0.3 is 10.2 Å². The van der Waals surface area contributed by atoms with E-state index in [1.165, 1.54) is 0 Å². The van der Waals surface area contributed by atoms with E-state index >= 15 is 0 Å². The molecule has 0 bridgehead atoms. The van der Waals surface area contributed by atoms with Crippen molar-refractivity contribution in [3.8, 4) is 0 Å². The number of allylic oxidation sites excluding steroid dienone is 1. The topological polar surface area (TPSA) is 40.5 Å². The molecule has 18 heavy (non-hydrogen) atoms. The van der Waals surface area contributed by atoms with Gasteiger partial charge in [-0.2, -0.15) is 0 Å². The molecule has 2 aliphatic rings. The second-order valence-electron chi connectivity index (χ2n) is 6.65. The molecule has 0 aromatic rings. The number of aliphatic hydroxyl groups is 2. The van der Waals surface area contributed by atoms with Gasteiger partial charge in [-0.25, -0.2) is 0 Å². The zero-order valence-corrected chi connectivity index (χ0v) is 11.8. The summed E-state index contributed by atoms with van der Waals surface area (Å²) in [7, 11) is 0. The van der Waals surface area contributed by atoms with Gasteiger partial charge in [0, 0.05) is 0 Å². The Morgan fingerprint density at radius 1 is 1.50 bits per heavy atom.